The Balaban J connectivity index is 0.00000132. The average molecular weight is 370 g/mol. The quantitative estimate of drug-likeness (QED) is 0.710. The Morgan fingerprint density at radius 3 is 2.81 bits per heavy atom. The number of hydrogen-bond donors (Lipinski definition) is 1. The second kappa shape index (κ2) is 5.75. The van der Waals surface area contributed by atoms with E-state index in [9.17, 15) is 0 Å². The van der Waals surface area contributed by atoms with Gasteiger partial charge in [0, 0.05) is 30.7 Å². The number of nitrogens with one attached hydrogen (secondary N) is 1. The third kappa shape index (κ3) is 2.45. The van der Waals surface area contributed by atoms with Crippen LogP contribution in [-0.4, -0.2) is 45.8 Å². The van der Waals surface area contributed by atoms with E-state index in [1.54, 1.807) is 6.33 Å². The van der Waals surface area contributed by atoms with Gasteiger partial charge in [0.2, 0.25) is 5.65 Å². The Hall–Kier alpha value is -1.44. The molecule has 0 radical (unpaired) electrons. The molecule has 8 heteroatoms. The Kier molecular flexibility index (Phi) is 3.97. The van der Waals surface area contributed by atoms with Gasteiger partial charge in [-0.15, -0.1) is 22.6 Å². The summed E-state index contributed by atoms with van der Waals surface area (Å²) < 4.78 is 3.03. The number of anilines is 1. The summed E-state index contributed by atoms with van der Waals surface area (Å²) in [7, 11) is 0. The molecule has 3 aromatic rings. The van der Waals surface area contributed by atoms with Crippen molar-refractivity contribution >= 4 is 50.8 Å². The molecule has 0 unspecified atom stereocenters. The highest BCUT2D eigenvalue weighted by Gasteiger charge is 2.18. The molecule has 110 valence electrons. The van der Waals surface area contributed by atoms with E-state index >= 15 is 0 Å². The van der Waals surface area contributed by atoms with Crippen LogP contribution in [0.2, 0.25) is 0 Å². The van der Waals surface area contributed by atoms with Crippen LogP contribution < -0.4 is 10.2 Å². The molecule has 4 rings (SSSR count). The zero-order valence-corrected chi connectivity index (χ0v) is 13.6. The number of benzene rings is 1. The highest BCUT2D eigenvalue weighted by Crippen LogP contribution is 2.25. The molecule has 1 fully saturated rings. The van der Waals surface area contributed by atoms with E-state index < -0.39 is 0 Å². The maximum absolute atomic E-state index is 4.80. The van der Waals surface area contributed by atoms with Gasteiger partial charge in [0.15, 0.2) is 5.82 Å². The third-order valence-corrected chi connectivity index (χ3v) is 4.08. The van der Waals surface area contributed by atoms with Crippen LogP contribution in [0.1, 0.15) is 0 Å². The van der Waals surface area contributed by atoms with Crippen molar-refractivity contribution in [2.45, 2.75) is 0 Å². The normalized spacial score (nSPS) is 15.4. The van der Waals surface area contributed by atoms with Crippen molar-refractivity contribution in [2.24, 2.45) is 0 Å². The molecule has 1 N–H and O–H groups in total. The van der Waals surface area contributed by atoms with Crippen molar-refractivity contribution in [3.63, 3.8) is 0 Å². The number of aromatic nitrogens is 4. The Bertz CT molecular complexity index is 783. The van der Waals surface area contributed by atoms with Gasteiger partial charge < -0.3 is 10.2 Å². The molecule has 1 saturated heterocycles. The predicted octanol–water partition coefficient (Wildman–Crippen LogP) is 1.87. The van der Waals surface area contributed by atoms with Gasteiger partial charge in [-0.25, -0.2) is 4.98 Å². The van der Waals surface area contributed by atoms with Gasteiger partial charge in [-0.05, 0) is 18.2 Å². The second-order valence-electron chi connectivity index (χ2n) is 4.83. The first kappa shape index (κ1) is 14.5. The zero-order chi connectivity index (χ0) is 13.5. The first-order valence-electron chi connectivity index (χ1n) is 6.57. The van der Waals surface area contributed by atoms with E-state index in [1.165, 1.54) is 0 Å². The molecular weight excluding hydrogens is 356 g/mol. The summed E-state index contributed by atoms with van der Waals surface area (Å²) in [6.45, 7) is 3.82. The third-order valence-electron chi connectivity index (χ3n) is 3.59. The number of hydrogen-bond acceptors (Lipinski definition) is 5. The lowest BCUT2D eigenvalue weighted by molar-refractivity contribution is 0.586. The molecule has 0 saturated carbocycles. The minimum atomic E-state index is 0. The predicted molar refractivity (Wildman–Crippen MR) is 88.3 cm³/mol. The van der Waals surface area contributed by atoms with Crippen LogP contribution in [0.4, 0.5) is 5.82 Å². The molecule has 0 amide bonds. The molecule has 0 aliphatic carbocycles. The largest absolute Gasteiger partial charge is 0.351 e. The molecule has 1 aliphatic heterocycles. The number of piperazine rings is 1. The van der Waals surface area contributed by atoms with Crippen LogP contribution in [0.15, 0.2) is 29.0 Å². The lowest BCUT2D eigenvalue weighted by Crippen LogP contribution is -2.44. The maximum Gasteiger partial charge on any atom is 0.204 e. The van der Waals surface area contributed by atoms with Gasteiger partial charge in [0.05, 0.1) is 11.0 Å². The van der Waals surface area contributed by atoms with Gasteiger partial charge in [-0.1, -0.05) is 15.9 Å². The van der Waals surface area contributed by atoms with Crippen LogP contribution in [0.5, 0.6) is 0 Å². The SMILES string of the molecule is Brc1ccc2c(c1)nc(N1CCNCC1)c1nncn12.Cl. The van der Waals surface area contributed by atoms with Gasteiger partial charge >= 0.3 is 0 Å². The highest BCUT2D eigenvalue weighted by molar-refractivity contribution is 9.10. The smallest absolute Gasteiger partial charge is 0.204 e. The summed E-state index contributed by atoms with van der Waals surface area (Å²) in [4.78, 5) is 7.07. The molecule has 3 heterocycles. The lowest BCUT2D eigenvalue weighted by Gasteiger charge is -2.28. The zero-order valence-electron chi connectivity index (χ0n) is 11.2. The lowest BCUT2D eigenvalue weighted by atomic mass is 10.3. The molecule has 0 spiro atoms. The van der Waals surface area contributed by atoms with Crippen molar-refractivity contribution < 1.29 is 0 Å². The van der Waals surface area contributed by atoms with E-state index in [4.69, 9.17) is 4.98 Å². The number of fused-ring (bicyclic) bond motifs is 3. The minimum absolute atomic E-state index is 0. The summed E-state index contributed by atoms with van der Waals surface area (Å²) in [5.41, 5.74) is 2.79. The summed E-state index contributed by atoms with van der Waals surface area (Å²) in [6.07, 6.45) is 1.75. The van der Waals surface area contributed by atoms with Gasteiger partial charge in [-0.2, -0.15) is 0 Å². The fourth-order valence-corrected chi connectivity index (χ4v) is 2.96. The fourth-order valence-electron chi connectivity index (χ4n) is 2.61. The van der Waals surface area contributed by atoms with E-state index in [0.29, 0.717) is 0 Å². The number of nitrogens with zero attached hydrogens (tertiary/aromatic N) is 5. The Morgan fingerprint density at radius 1 is 1.19 bits per heavy atom. The summed E-state index contributed by atoms with van der Waals surface area (Å²) in [6, 6.07) is 6.07. The first-order chi connectivity index (χ1) is 9.83. The molecule has 1 aromatic carbocycles. The maximum atomic E-state index is 4.80. The van der Waals surface area contributed by atoms with Gasteiger partial charge in [0.1, 0.15) is 6.33 Å². The molecule has 0 bridgehead atoms. The van der Waals surface area contributed by atoms with Crippen molar-refractivity contribution in [1.29, 1.82) is 0 Å². The minimum Gasteiger partial charge on any atom is -0.351 e. The standard InChI is InChI=1S/C13H13BrN6.ClH/c14-9-1-2-11-10(7-9)17-12(13-18-16-8-20(11)13)19-5-3-15-4-6-19;/h1-2,7-8,15H,3-6H2;1H. The topological polar surface area (TPSA) is 58.4 Å². The van der Waals surface area contributed by atoms with Crippen molar-refractivity contribution in [1.82, 2.24) is 24.9 Å². The molecule has 6 nitrogen and oxygen atoms in total. The summed E-state index contributed by atoms with van der Waals surface area (Å²) in [5, 5.41) is 11.6. The van der Waals surface area contributed by atoms with Crippen molar-refractivity contribution in [3.8, 4) is 0 Å². The van der Waals surface area contributed by atoms with Crippen molar-refractivity contribution in [3.05, 3.63) is 29.0 Å². The Morgan fingerprint density at radius 2 is 2.00 bits per heavy atom. The highest BCUT2D eigenvalue weighted by atomic mass is 79.9. The van der Waals surface area contributed by atoms with Gasteiger partial charge in [0.25, 0.3) is 0 Å². The van der Waals surface area contributed by atoms with Gasteiger partial charge in [-0.3, -0.25) is 4.40 Å². The molecule has 1 aliphatic rings. The average Bonchev–Trinajstić information content (AvgIpc) is 2.96. The van der Waals surface area contributed by atoms with Crippen LogP contribution in [0.3, 0.4) is 0 Å². The van der Waals surface area contributed by atoms with Crippen LogP contribution in [0.25, 0.3) is 16.7 Å². The van der Waals surface area contributed by atoms with E-state index in [0.717, 1.165) is 53.2 Å². The summed E-state index contributed by atoms with van der Waals surface area (Å²) in [5.74, 6) is 0.912. The Labute approximate surface area is 136 Å². The van der Waals surface area contributed by atoms with Crippen LogP contribution >= 0.6 is 28.3 Å². The van der Waals surface area contributed by atoms with Crippen LogP contribution in [-0.2, 0) is 0 Å². The number of halogens is 2. The second-order valence-corrected chi connectivity index (χ2v) is 5.75. The monoisotopic (exact) mass is 368 g/mol. The van der Waals surface area contributed by atoms with E-state index in [2.05, 4.69) is 36.3 Å². The molecule has 2 aromatic heterocycles. The van der Waals surface area contributed by atoms with Crippen LogP contribution in [0, 0.1) is 0 Å². The van der Waals surface area contributed by atoms with E-state index in [1.807, 2.05) is 22.6 Å². The fraction of sp³-hybridized carbons (Fsp3) is 0.308. The van der Waals surface area contributed by atoms with Crippen molar-refractivity contribution in [2.75, 3.05) is 31.1 Å². The summed E-state index contributed by atoms with van der Waals surface area (Å²) >= 11 is 3.50. The van der Waals surface area contributed by atoms with E-state index in [-0.39, 0.29) is 12.4 Å². The number of rotatable bonds is 1. The molecule has 21 heavy (non-hydrogen) atoms. The molecule has 0 atom stereocenters. The molecular formula is C13H14BrClN6. The first-order valence-corrected chi connectivity index (χ1v) is 7.37.